The molecular weight excluding hydrogens is 423 g/mol. The van der Waals surface area contributed by atoms with Crippen LogP contribution in [0.4, 0.5) is 27.4 Å². The van der Waals surface area contributed by atoms with Crippen LogP contribution in [0.3, 0.4) is 0 Å². The van der Waals surface area contributed by atoms with E-state index < -0.39 is 5.82 Å². The van der Waals surface area contributed by atoms with Crippen molar-refractivity contribution in [3.05, 3.63) is 53.6 Å². The highest BCUT2D eigenvalue weighted by Gasteiger charge is 2.21. The van der Waals surface area contributed by atoms with E-state index in [1.807, 2.05) is 32.0 Å². The SMILES string of the molecule is COc1cc(C)ccc1Nc1ncc2c(N)c(F)c(-c3cnc4c(c3C)NCCO4)cc2n1. The Hall–Kier alpha value is -4.14. The highest BCUT2D eigenvalue weighted by atomic mass is 19.1. The minimum absolute atomic E-state index is 0.0108. The lowest BCUT2D eigenvalue weighted by atomic mass is 9.98. The Labute approximate surface area is 190 Å². The highest BCUT2D eigenvalue weighted by molar-refractivity contribution is 5.96. The molecule has 0 aliphatic carbocycles. The van der Waals surface area contributed by atoms with Gasteiger partial charge in [-0.2, -0.15) is 0 Å². The Morgan fingerprint density at radius 1 is 1.15 bits per heavy atom. The summed E-state index contributed by atoms with van der Waals surface area (Å²) in [6, 6.07) is 7.43. The number of rotatable bonds is 4. The number of aryl methyl sites for hydroxylation is 1. The van der Waals surface area contributed by atoms with E-state index in [1.54, 1.807) is 19.4 Å². The topological polar surface area (TPSA) is 107 Å². The zero-order valence-corrected chi connectivity index (χ0v) is 18.5. The molecule has 33 heavy (non-hydrogen) atoms. The van der Waals surface area contributed by atoms with Crippen LogP contribution in [-0.4, -0.2) is 35.2 Å². The molecule has 0 unspecified atom stereocenters. The summed E-state index contributed by atoms with van der Waals surface area (Å²) in [5, 5.41) is 6.88. The number of nitrogens with zero attached hydrogens (tertiary/aromatic N) is 3. The van der Waals surface area contributed by atoms with Crippen molar-refractivity contribution in [1.29, 1.82) is 0 Å². The Morgan fingerprint density at radius 3 is 2.82 bits per heavy atom. The van der Waals surface area contributed by atoms with E-state index >= 15 is 4.39 Å². The van der Waals surface area contributed by atoms with Gasteiger partial charge in [0, 0.05) is 35.5 Å². The fourth-order valence-corrected chi connectivity index (χ4v) is 3.95. The Kier molecular flexibility index (Phi) is 5.08. The molecule has 2 aromatic heterocycles. The van der Waals surface area contributed by atoms with Gasteiger partial charge in [0.15, 0.2) is 5.82 Å². The van der Waals surface area contributed by atoms with E-state index in [1.165, 1.54) is 6.20 Å². The third-order valence-electron chi connectivity index (χ3n) is 5.70. The molecule has 0 fully saturated rings. The molecule has 5 rings (SSSR count). The average molecular weight is 446 g/mol. The van der Waals surface area contributed by atoms with Crippen LogP contribution in [0.1, 0.15) is 11.1 Å². The van der Waals surface area contributed by atoms with Gasteiger partial charge in [0.2, 0.25) is 11.8 Å². The number of fused-ring (bicyclic) bond motifs is 2. The summed E-state index contributed by atoms with van der Waals surface area (Å²) in [4.78, 5) is 13.3. The molecule has 0 saturated heterocycles. The predicted octanol–water partition coefficient (Wildman–Crippen LogP) is 4.59. The van der Waals surface area contributed by atoms with Crippen LogP contribution in [0, 0.1) is 19.7 Å². The lowest BCUT2D eigenvalue weighted by molar-refractivity contribution is 0.310. The number of anilines is 4. The van der Waals surface area contributed by atoms with E-state index in [4.69, 9.17) is 15.2 Å². The number of pyridine rings is 1. The van der Waals surface area contributed by atoms with Crippen molar-refractivity contribution in [3.63, 3.8) is 0 Å². The van der Waals surface area contributed by atoms with E-state index in [9.17, 15) is 0 Å². The van der Waals surface area contributed by atoms with Gasteiger partial charge in [-0.1, -0.05) is 6.07 Å². The second kappa shape index (κ2) is 8.09. The molecule has 1 aliphatic heterocycles. The van der Waals surface area contributed by atoms with E-state index in [0.29, 0.717) is 52.8 Å². The van der Waals surface area contributed by atoms with Crippen molar-refractivity contribution in [2.75, 3.05) is 36.6 Å². The zero-order chi connectivity index (χ0) is 23.1. The normalized spacial score (nSPS) is 12.6. The molecule has 1 aliphatic rings. The average Bonchev–Trinajstić information content (AvgIpc) is 2.83. The number of hydrogen-bond donors (Lipinski definition) is 3. The minimum atomic E-state index is -0.534. The fourth-order valence-electron chi connectivity index (χ4n) is 3.95. The van der Waals surface area contributed by atoms with Gasteiger partial charge < -0.3 is 25.8 Å². The lowest BCUT2D eigenvalue weighted by Gasteiger charge is -2.22. The molecule has 2 aromatic carbocycles. The van der Waals surface area contributed by atoms with Crippen molar-refractivity contribution in [2.45, 2.75) is 13.8 Å². The number of methoxy groups -OCH3 is 1. The van der Waals surface area contributed by atoms with Crippen molar-refractivity contribution >= 4 is 33.9 Å². The third-order valence-corrected chi connectivity index (χ3v) is 5.70. The number of nitrogens with one attached hydrogen (secondary N) is 2. The molecule has 9 heteroatoms. The molecule has 4 aromatic rings. The summed E-state index contributed by atoms with van der Waals surface area (Å²) < 4.78 is 26.4. The molecule has 8 nitrogen and oxygen atoms in total. The smallest absolute Gasteiger partial charge is 0.237 e. The summed E-state index contributed by atoms with van der Waals surface area (Å²) in [5.74, 6) is 0.992. The second-order valence-electron chi connectivity index (χ2n) is 7.86. The first-order chi connectivity index (χ1) is 16.0. The van der Waals surface area contributed by atoms with E-state index in [0.717, 1.165) is 22.5 Å². The summed E-state index contributed by atoms with van der Waals surface area (Å²) in [5.41, 5.74) is 11.0. The summed E-state index contributed by atoms with van der Waals surface area (Å²) in [6.07, 6.45) is 3.11. The Morgan fingerprint density at radius 2 is 2.00 bits per heavy atom. The molecule has 3 heterocycles. The number of aromatic nitrogens is 3. The lowest BCUT2D eigenvalue weighted by Crippen LogP contribution is -2.20. The van der Waals surface area contributed by atoms with Crippen LogP contribution >= 0.6 is 0 Å². The second-order valence-corrected chi connectivity index (χ2v) is 7.86. The molecule has 0 bridgehead atoms. The number of benzene rings is 2. The summed E-state index contributed by atoms with van der Waals surface area (Å²) in [7, 11) is 1.60. The van der Waals surface area contributed by atoms with Gasteiger partial charge in [0.05, 0.1) is 24.0 Å². The van der Waals surface area contributed by atoms with Crippen LogP contribution in [0.15, 0.2) is 36.7 Å². The van der Waals surface area contributed by atoms with Gasteiger partial charge in [-0.15, -0.1) is 0 Å². The summed E-state index contributed by atoms with van der Waals surface area (Å²) in [6.45, 7) is 5.07. The van der Waals surface area contributed by atoms with Crippen LogP contribution < -0.4 is 25.8 Å². The molecule has 4 N–H and O–H groups in total. The highest BCUT2D eigenvalue weighted by Crippen LogP contribution is 2.39. The van der Waals surface area contributed by atoms with Crippen LogP contribution in [-0.2, 0) is 0 Å². The molecule has 0 radical (unpaired) electrons. The maximum absolute atomic E-state index is 15.3. The molecule has 168 valence electrons. The number of halogens is 1. The largest absolute Gasteiger partial charge is 0.495 e. The summed E-state index contributed by atoms with van der Waals surface area (Å²) >= 11 is 0. The Bertz CT molecular complexity index is 1390. The maximum Gasteiger partial charge on any atom is 0.237 e. The van der Waals surface area contributed by atoms with E-state index in [2.05, 4.69) is 25.6 Å². The monoisotopic (exact) mass is 446 g/mol. The number of nitrogens with two attached hydrogens (primary N) is 1. The first-order valence-electron chi connectivity index (χ1n) is 10.5. The molecule has 0 saturated carbocycles. The minimum Gasteiger partial charge on any atom is -0.495 e. The van der Waals surface area contributed by atoms with Crippen molar-refractivity contribution < 1.29 is 13.9 Å². The Balaban J connectivity index is 1.60. The standard InChI is InChI=1S/C24H23FN6O2/c1-12-4-5-17(19(8-12)32-3)30-24-29-11-16-18(31-24)9-14(20(25)21(16)26)15-10-28-23-22(13(15)2)27-6-7-33-23/h4-5,8-11,27H,6-7,26H2,1-3H3,(H,29,30,31). The number of nitrogen functional groups attached to an aromatic ring is 1. The van der Waals surface area contributed by atoms with Gasteiger partial charge in [-0.3, -0.25) is 0 Å². The van der Waals surface area contributed by atoms with Crippen LogP contribution in [0.2, 0.25) is 0 Å². The molecular formula is C24H23FN6O2. The molecule has 0 atom stereocenters. The predicted molar refractivity (Wildman–Crippen MR) is 127 cm³/mol. The third kappa shape index (κ3) is 3.61. The fraction of sp³-hybridized carbons (Fsp3) is 0.208. The number of hydrogen-bond acceptors (Lipinski definition) is 8. The van der Waals surface area contributed by atoms with Gasteiger partial charge in [0.1, 0.15) is 18.0 Å². The van der Waals surface area contributed by atoms with Crippen LogP contribution in [0.5, 0.6) is 11.6 Å². The van der Waals surface area contributed by atoms with E-state index in [-0.39, 0.29) is 5.69 Å². The van der Waals surface area contributed by atoms with Crippen molar-refractivity contribution in [1.82, 2.24) is 15.0 Å². The van der Waals surface area contributed by atoms with Gasteiger partial charge in [-0.25, -0.2) is 19.3 Å². The number of ether oxygens (including phenoxy) is 2. The first kappa shape index (κ1) is 20.7. The van der Waals surface area contributed by atoms with Gasteiger partial charge in [0.25, 0.3) is 0 Å². The maximum atomic E-state index is 15.3. The van der Waals surface area contributed by atoms with Gasteiger partial charge >= 0.3 is 0 Å². The molecule has 0 amide bonds. The zero-order valence-electron chi connectivity index (χ0n) is 18.5. The van der Waals surface area contributed by atoms with Crippen molar-refractivity contribution in [2.24, 2.45) is 0 Å². The van der Waals surface area contributed by atoms with Crippen LogP contribution in [0.25, 0.3) is 22.0 Å². The van der Waals surface area contributed by atoms with Gasteiger partial charge in [-0.05, 0) is 43.2 Å². The first-order valence-corrected chi connectivity index (χ1v) is 10.5. The molecule has 0 spiro atoms. The quantitative estimate of drug-likeness (QED) is 0.391. The van der Waals surface area contributed by atoms with Crippen molar-refractivity contribution in [3.8, 4) is 22.8 Å².